The highest BCUT2D eigenvalue weighted by Gasteiger charge is 2.30. The first-order valence-electron chi connectivity index (χ1n) is 10.1. The molecule has 3 atom stereocenters. The molecule has 0 spiro atoms. The third-order valence-corrected chi connectivity index (χ3v) is 5.53. The fourth-order valence-electron chi connectivity index (χ4n) is 3.52. The molecule has 3 N–H and O–H groups in total. The van der Waals surface area contributed by atoms with Crippen molar-refractivity contribution in [1.82, 2.24) is 10.6 Å². The van der Waals surface area contributed by atoms with Crippen LogP contribution in [0.4, 0.5) is 5.69 Å². The molecule has 0 fully saturated rings. The lowest BCUT2D eigenvalue weighted by Crippen LogP contribution is -2.55. The van der Waals surface area contributed by atoms with E-state index >= 15 is 0 Å². The Bertz CT molecular complexity index is 868. The number of hydrogen-bond donors (Lipinski definition) is 3. The van der Waals surface area contributed by atoms with Crippen molar-refractivity contribution in [3.8, 4) is 5.75 Å². The van der Waals surface area contributed by atoms with E-state index in [1.807, 2.05) is 38.1 Å². The molecule has 0 aliphatic carbocycles. The quantitative estimate of drug-likeness (QED) is 0.674. The first-order valence-corrected chi connectivity index (χ1v) is 10.1. The molecule has 3 rings (SSSR count). The highest BCUT2D eigenvalue weighted by atomic mass is 16.5. The van der Waals surface area contributed by atoms with Crippen LogP contribution in [0.2, 0.25) is 0 Å². The number of carbonyl (C=O) groups excluding carboxylic acids is 2. The normalized spacial score (nSPS) is 17.6. The molecule has 6 nitrogen and oxygen atoms in total. The number of carbonyl (C=O) groups is 2. The van der Waals surface area contributed by atoms with Gasteiger partial charge in [0.1, 0.15) is 11.8 Å². The van der Waals surface area contributed by atoms with E-state index in [1.165, 1.54) is 11.1 Å². The zero-order chi connectivity index (χ0) is 20.8. The number of hydrogen-bond acceptors (Lipinski definition) is 4. The van der Waals surface area contributed by atoms with Gasteiger partial charge >= 0.3 is 0 Å². The first kappa shape index (κ1) is 20.9. The number of rotatable bonds is 7. The maximum Gasteiger partial charge on any atom is 0.247 e. The number of anilines is 1. The highest BCUT2D eigenvalue weighted by Crippen LogP contribution is 2.19. The van der Waals surface area contributed by atoms with Gasteiger partial charge in [0.15, 0.2) is 0 Å². The Balaban J connectivity index is 1.68. The van der Waals surface area contributed by atoms with E-state index in [0.29, 0.717) is 24.4 Å². The topological polar surface area (TPSA) is 79.5 Å². The summed E-state index contributed by atoms with van der Waals surface area (Å²) in [4.78, 5) is 25.9. The molecule has 1 aliphatic heterocycles. The molecule has 2 aromatic carbocycles. The molecule has 0 unspecified atom stereocenters. The van der Waals surface area contributed by atoms with Crippen LogP contribution in [-0.2, 0) is 22.6 Å². The van der Waals surface area contributed by atoms with E-state index in [0.717, 1.165) is 6.42 Å². The molecule has 2 aromatic rings. The van der Waals surface area contributed by atoms with Crippen LogP contribution in [0.1, 0.15) is 31.4 Å². The van der Waals surface area contributed by atoms with E-state index < -0.39 is 6.04 Å². The lowest BCUT2D eigenvalue weighted by molar-refractivity contribution is -0.129. The summed E-state index contributed by atoms with van der Waals surface area (Å²) in [5.41, 5.74) is 3.03. The zero-order valence-corrected chi connectivity index (χ0v) is 17.2. The fourth-order valence-corrected chi connectivity index (χ4v) is 3.52. The second kappa shape index (κ2) is 9.56. The van der Waals surface area contributed by atoms with Crippen LogP contribution in [0.5, 0.6) is 5.75 Å². The average Bonchev–Trinajstić information content (AvgIpc) is 2.76. The van der Waals surface area contributed by atoms with Gasteiger partial charge in [0.05, 0.1) is 13.2 Å². The summed E-state index contributed by atoms with van der Waals surface area (Å²) in [6.45, 7) is 4.63. The van der Waals surface area contributed by atoms with Gasteiger partial charge in [-0.25, -0.2) is 0 Å². The van der Waals surface area contributed by atoms with Gasteiger partial charge in [0, 0.05) is 18.3 Å². The van der Waals surface area contributed by atoms with Crippen molar-refractivity contribution in [3.63, 3.8) is 0 Å². The lowest BCUT2D eigenvalue weighted by Gasteiger charge is -2.29. The van der Waals surface area contributed by atoms with E-state index in [1.54, 1.807) is 19.2 Å². The molecule has 0 saturated carbocycles. The Kier molecular flexibility index (Phi) is 6.88. The Morgan fingerprint density at radius 3 is 2.66 bits per heavy atom. The minimum atomic E-state index is -0.613. The van der Waals surface area contributed by atoms with Gasteiger partial charge in [0.25, 0.3) is 0 Å². The summed E-state index contributed by atoms with van der Waals surface area (Å²) in [6, 6.07) is 14.3. The Hall–Kier alpha value is -2.86. The third-order valence-electron chi connectivity index (χ3n) is 5.53. The number of methoxy groups -OCH3 is 1. The van der Waals surface area contributed by atoms with E-state index in [4.69, 9.17) is 4.74 Å². The second-order valence-electron chi connectivity index (χ2n) is 7.50. The summed E-state index contributed by atoms with van der Waals surface area (Å²) in [7, 11) is 1.58. The average molecular weight is 396 g/mol. The summed E-state index contributed by atoms with van der Waals surface area (Å²) in [6.07, 6.45) is 1.39. The maximum atomic E-state index is 12.9. The molecular formula is C23H29N3O3. The predicted molar refractivity (Wildman–Crippen MR) is 114 cm³/mol. The number of benzene rings is 2. The number of fused-ring (bicyclic) bond motifs is 1. The molecule has 29 heavy (non-hydrogen) atoms. The highest BCUT2D eigenvalue weighted by molar-refractivity contribution is 5.98. The molecule has 0 bridgehead atoms. The van der Waals surface area contributed by atoms with Crippen LogP contribution in [-0.4, -0.2) is 31.0 Å². The molecular weight excluding hydrogens is 366 g/mol. The van der Waals surface area contributed by atoms with Gasteiger partial charge < -0.3 is 20.7 Å². The Labute approximate surface area is 172 Å². The van der Waals surface area contributed by atoms with Crippen molar-refractivity contribution >= 4 is 17.5 Å². The van der Waals surface area contributed by atoms with Crippen LogP contribution in [0.25, 0.3) is 0 Å². The Morgan fingerprint density at radius 2 is 1.93 bits per heavy atom. The van der Waals surface area contributed by atoms with Crippen molar-refractivity contribution in [1.29, 1.82) is 0 Å². The molecule has 6 heteroatoms. The van der Waals surface area contributed by atoms with Crippen LogP contribution >= 0.6 is 0 Å². The number of nitrogens with one attached hydrogen (secondary N) is 3. The van der Waals surface area contributed by atoms with Crippen molar-refractivity contribution in [2.45, 2.75) is 45.3 Å². The van der Waals surface area contributed by atoms with Gasteiger partial charge in [0.2, 0.25) is 11.8 Å². The zero-order valence-electron chi connectivity index (χ0n) is 17.2. The van der Waals surface area contributed by atoms with Crippen molar-refractivity contribution < 1.29 is 14.3 Å². The van der Waals surface area contributed by atoms with E-state index in [-0.39, 0.29) is 23.8 Å². The van der Waals surface area contributed by atoms with Crippen LogP contribution < -0.4 is 20.7 Å². The van der Waals surface area contributed by atoms with Crippen molar-refractivity contribution in [3.05, 3.63) is 59.7 Å². The summed E-state index contributed by atoms with van der Waals surface area (Å²) in [5, 5.41) is 9.15. The van der Waals surface area contributed by atoms with Gasteiger partial charge in [-0.3, -0.25) is 9.59 Å². The van der Waals surface area contributed by atoms with E-state index in [9.17, 15) is 9.59 Å². The predicted octanol–water partition coefficient (Wildman–Crippen LogP) is 2.88. The standard InChI is InChI=1S/C23H29N3O3/c1-4-15(2)21(23(28)25-18-10-7-11-19(13-18)29-3)26-22(27)20-12-16-8-5-6-9-17(16)14-24-20/h5-11,13,15,20-21,24H,4,12,14H2,1-3H3,(H,25,28)(H,26,27)/t15-,20+,21+/m1/s1. The van der Waals surface area contributed by atoms with Gasteiger partial charge in [-0.15, -0.1) is 0 Å². The SMILES string of the molecule is CC[C@@H](C)[C@H](NC(=O)[C@@H]1Cc2ccccc2CN1)C(=O)Nc1cccc(OC)c1. The lowest BCUT2D eigenvalue weighted by atomic mass is 9.94. The first-order chi connectivity index (χ1) is 14.0. The number of amides is 2. The van der Waals surface area contributed by atoms with Crippen molar-refractivity contribution in [2.75, 3.05) is 12.4 Å². The van der Waals surface area contributed by atoms with Crippen LogP contribution in [0.15, 0.2) is 48.5 Å². The Morgan fingerprint density at radius 1 is 1.17 bits per heavy atom. The van der Waals surface area contributed by atoms with Crippen LogP contribution in [0, 0.1) is 5.92 Å². The molecule has 154 valence electrons. The smallest absolute Gasteiger partial charge is 0.247 e. The minimum absolute atomic E-state index is 0.000402. The minimum Gasteiger partial charge on any atom is -0.497 e. The molecule has 2 amide bonds. The molecule has 0 saturated heterocycles. The van der Waals surface area contributed by atoms with Gasteiger partial charge in [-0.05, 0) is 35.6 Å². The molecule has 0 radical (unpaired) electrons. The van der Waals surface area contributed by atoms with Crippen molar-refractivity contribution in [2.24, 2.45) is 5.92 Å². The van der Waals surface area contributed by atoms with Crippen LogP contribution in [0.3, 0.4) is 0 Å². The fraction of sp³-hybridized carbons (Fsp3) is 0.391. The summed E-state index contributed by atoms with van der Waals surface area (Å²) < 4.78 is 5.21. The molecule has 1 heterocycles. The second-order valence-corrected chi connectivity index (χ2v) is 7.50. The van der Waals surface area contributed by atoms with E-state index in [2.05, 4.69) is 28.1 Å². The third kappa shape index (κ3) is 5.15. The largest absolute Gasteiger partial charge is 0.497 e. The maximum absolute atomic E-state index is 12.9. The molecule has 0 aromatic heterocycles. The monoisotopic (exact) mass is 395 g/mol. The summed E-state index contributed by atoms with van der Waals surface area (Å²) >= 11 is 0. The number of ether oxygens (including phenoxy) is 1. The summed E-state index contributed by atoms with van der Waals surface area (Å²) in [5.74, 6) is 0.292. The van der Waals surface area contributed by atoms with Gasteiger partial charge in [-0.2, -0.15) is 0 Å². The van der Waals surface area contributed by atoms with Gasteiger partial charge in [-0.1, -0.05) is 50.6 Å². The molecule has 1 aliphatic rings.